The molecule has 2 aromatic carbocycles. The van der Waals surface area contributed by atoms with Crippen molar-refractivity contribution >= 4 is 16.8 Å². The molecule has 3 rings (SSSR count). The first-order valence-corrected chi connectivity index (χ1v) is 7.25. The van der Waals surface area contributed by atoms with Crippen molar-refractivity contribution in [2.45, 2.75) is 13.3 Å². The van der Waals surface area contributed by atoms with E-state index in [9.17, 15) is 9.18 Å². The lowest BCUT2D eigenvalue weighted by molar-refractivity contribution is 0.0954. The molecular formula is C18H17FN2O. The predicted molar refractivity (Wildman–Crippen MR) is 85.5 cm³/mol. The third-order valence-electron chi connectivity index (χ3n) is 3.79. The second-order valence-corrected chi connectivity index (χ2v) is 5.29. The van der Waals surface area contributed by atoms with Crippen molar-refractivity contribution in [2.75, 3.05) is 6.54 Å². The molecule has 0 aliphatic carbocycles. The van der Waals surface area contributed by atoms with E-state index in [1.54, 1.807) is 0 Å². The number of rotatable bonds is 4. The summed E-state index contributed by atoms with van der Waals surface area (Å²) in [5, 5.41) is 4.06. The molecule has 0 radical (unpaired) electrons. The Balaban J connectivity index is 1.66. The van der Waals surface area contributed by atoms with Crippen LogP contribution in [0.15, 0.2) is 48.5 Å². The van der Waals surface area contributed by atoms with Gasteiger partial charge >= 0.3 is 0 Å². The summed E-state index contributed by atoms with van der Waals surface area (Å²) < 4.78 is 12.8. The van der Waals surface area contributed by atoms with Gasteiger partial charge in [0.05, 0.1) is 0 Å². The molecule has 0 aliphatic heterocycles. The average molecular weight is 296 g/mol. The number of nitrogens with one attached hydrogen (secondary N) is 2. The summed E-state index contributed by atoms with van der Waals surface area (Å²) in [6, 6.07) is 13.7. The summed E-state index contributed by atoms with van der Waals surface area (Å²) in [7, 11) is 0. The summed E-state index contributed by atoms with van der Waals surface area (Å²) in [6.45, 7) is 2.58. The summed E-state index contributed by atoms with van der Waals surface area (Å²) in [6.07, 6.45) is 0.753. The minimum absolute atomic E-state index is 0.183. The van der Waals surface area contributed by atoms with E-state index in [0.717, 1.165) is 17.6 Å². The van der Waals surface area contributed by atoms with Gasteiger partial charge in [-0.2, -0.15) is 0 Å². The van der Waals surface area contributed by atoms with Gasteiger partial charge in [0.2, 0.25) is 0 Å². The van der Waals surface area contributed by atoms with Gasteiger partial charge in [-0.25, -0.2) is 4.39 Å². The summed E-state index contributed by atoms with van der Waals surface area (Å²) in [4.78, 5) is 15.3. The Labute approximate surface area is 128 Å². The Kier molecular flexibility index (Phi) is 3.92. The van der Waals surface area contributed by atoms with Crippen LogP contribution >= 0.6 is 0 Å². The van der Waals surface area contributed by atoms with E-state index in [1.807, 2.05) is 25.1 Å². The number of para-hydroxylation sites is 1. The van der Waals surface area contributed by atoms with Gasteiger partial charge in [0.15, 0.2) is 0 Å². The Hall–Kier alpha value is -2.62. The van der Waals surface area contributed by atoms with Gasteiger partial charge in [-0.15, -0.1) is 0 Å². The zero-order chi connectivity index (χ0) is 15.5. The molecule has 1 aromatic heterocycles. The van der Waals surface area contributed by atoms with Crippen LogP contribution in [-0.2, 0) is 6.42 Å². The molecule has 0 aliphatic rings. The van der Waals surface area contributed by atoms with E-state index >= 15 is 0 Å². The van der Waals surface area contributed by atoms with Crippen molar-refractivity contribution in [3.05, 3.63) is 71.2 Å². The van der Waals surface area contributed by atoms with Crippen LogP contribution in [0.3, 0.4) is 0 Å². The zero-order valence-electron chi connectivity index (χ0n) is 12.3. The average Bonchev–Trinajstić information content (AvgIpc) is 2.84. The normalized spacial score (nSPS) is 10.8. The highest BCUT2D eigenvalue weighted by Crippen LogP contribution is 2.21. The van der Waals surface area contributed by atoms with E-state index in [1.165, 1.54) is 35.2 Å². The molecule has 0 unspecified atom stereocenters. The molecule has 2 N–H and O–H groups in total. The molecule has 0 spiro atoms. The van der Waals surface area contributed by atoms with Crippen LogP contribution < -0.4 is 5.32 Å². The third kappa shape index (κ3) is 2.86. The molecule has 3 aromatic rings. The van der Waals surface area contributed by atoms with Crippen molar-refractivity contribution in [3.8, 4) is 0 Å². The fourth-order valence-corrected chi connectivity index (χ4v) is 2.66. The van der Waals surface area contributed by atoms with Crippen LogP contribution in [0.5, 0.6) is 0 Å². The molecule has 0 saturated heterocycles. The van der Waals surface area contributed by atoms with Crippen LogP contribution in [0.2, 0.25) is 0 Å². The minimum atomic E-state index is -0.342. The first kappa shape index (κ1) is 14.3. The largest absolute Gasteiger partial charge is 0.358 e. The Morgan fingerprint density at radius 3 is 2.64 bits per heavy atom. The predicted octanol–water partition coefficient (Wildman–Crippen LogP) is 3.59. The van der Waals surface area contributed by atoms with Gasteiger partial charge in [0.25, 0.3) is 5.91 Å². The smallest absolute Gasteiger partial charge is 0.251 e. The van der Waals surface area contributed by atoms with Crippen LogP contribution in [-0.4, -0.2) is 17.4 Å². The highest BCUT2D eigenvalue weighted by Gasteiger charge is 2.09. The van der Waals surface area contributed by atoms with Crippen molar-refractivity contribution in [2.24, 2.45) is 0 Å². The minimum Gasteiger partial charge on any atom is -0.358 e. The second kappa shape index (κ2) is 6.02. The third-order valence-corrected chi connectivity index (χ3v) is 3.79. The molecule has 1 amide bonds. The van der Waals surface area contributed by atoms with Gasteiger partial charge in [0.1, 0.15) is 5.82 Å². The number of hydrogen-bond donors (Lipinski definition) is 2. The van der Waals surface area contributed by atoms with Crippen molar-refractivity contribution in [1.29, 1.82) is 0 Å². The van der Waals surface area contributed by atoms with Gasteiger partial charge < -0.3 is 10.3 Å². The topological polar surface area (TPSA) is 44.9 Å². The molecule has 112 valence electrons. The molecule has 0 saturated carbocycles. The molecule has 0 atom stereocenters. The molecule has 3 nitrogen and oxygen atoms in total. The molecule has 1 heterocycles. The Bertz CT molecular complexity index is 806. The number of aromatic amines is 1. The van der Waals surface area contributed by atoms with E-state index in [0.29, 0.717) is 12.1 Å². The standard InChI is InChI=1S/C18H17FN2O/c1-12-15(16-4-2-3-5-17(16)21-12)10-11-20-18(22)13-6-8-14(19)9-7-13/h2-9,21H,10-11H2,1H3,(H,20,22). The van der Waals surface area contributed by atoms with E-state index in [-0.39, 0.29) is 11.7 Å². The van der Waals surface area contributed by atoms with Gasteiger partial charge in [-0.1, -0.05) is 18.2 Å². The lowest BCUT2D eigenvalue weighted by atomic mass is 10.1. The maximum absolute atomic E-state index is 12.8. The first-order chi connectivity index (χ1) is 10.6. The van der Waals surface area contributed by atoms with E-state index < -0.39 is 0 Å². The fraction of sp³-hybridized carbons (Fsp3) is 0.167. The van der Waals surface area contributed by atoms with Crippen LogP contribution in [0.25, 0.3) is 10.9 Å². The highest BCUT2D eigenvalue weighted by atomic mass is 19.1. The number of benzene rings is 2. The van der Waals surface area contributed by atoms with E-state index in [4.69, 9.17) is 0 Å². The number of H-pyrrole nitrogens is 1. The molecule has 0 fully saturated rings. The SMILES string of the molecule is Cc1[nH]c2ccccc2c1CCNC(=O)c1ccc(F)cc1. The van der Waals surface area contributed by atoms with Crippen molar-refractivity contribution < 1.29 is 9.18 Å². The number of aryl methyl sites for hydroxylation is 1. The summed E-state index contributed by atoms with van der Waals surface area (Å²) in [5.74, 6) is -0.525. The van der Waals surface area contributed by atoms with Crippen LogP contribution in [0, 0.1) is 12.7 Å². The lowest BCUT2D eigenvalue weighted by Gasteiger charge is -2.06. The van der Waals surface area contributed by atoms with Gasteiger partial charge in [0, 0.05) is 28.7 Å². The highest BCUT2D eigenvalue weighted by molar-refractivity contribution is 5.94. The number of carbonyl (C=O) groups is 1. The zero-order valence-corrected chi connectivity index (χ0v) is 12.3. The van der Waals surface area contributed by atoms with Gasteiger partial charge in [-0.3, -0.25) is 4.79 Å². The maximum Gasteiger partial charge on any atom is 0.251 e. The van der Waals surface area contributed by atoms with Crippen LogP contribution in [0.4, 0.5) is 4.39 Å². The number of halogens is 1. The van der Waals surface area contributed by atoms with Crippen molar-refractivity contribution in [1.82, 2.24) is 10.3 Å². The number of fused-ring (bicyclic) bond motifs is 1. The maximum atomic E-state index is 12.8. The lowest BCUT2D eigenvalue weighted by Crippen LogP contribution is -2.25. The van der Waals surface area contributed by atoms with Crippen molar-refractivity contribution in [3.63, 3.8) is 0 Å². The monoisotopic (exact) mass is 296 g/mol. The molecule has 4 heteroatoms. The molecule has 22 heavy (non-hydrogen) atoms. The van der Waals surface area contributed by atoms with E-state index in [2.05, 4.69) is 16.4 Å². The summed E-state index contributed by atoms with van der Waals surface area (Å²) >= 11 is 0. The molecular weight excluding hydrogens is 279 g/mol. The second-order valence-electron chi connectivity index (χ2n) is 5.29. The number of hydrogen-bond acceptors (Lipinski definition) is 1. The summed E-state index contributed by atoms with van der Waals surface area (Å²) in [5.41, 5.74) is 3.92. The number of aromatic nitrogens is 1. The number of amides is 1. The molecule has 0 bridgehead atoms. The fourth-order valence-electron chi connectivity index (χ4n) is 2.66. The Morgan fingerprint density at radius 2 is 1.86 bits per heavy atom. The first-order valence-electron chi connectivity index (χ1n) is 7.25. The Morgan fingerprint density at radius 1 is 1.14 bits per heavy atom. The van der Waals surface area contributed by atoms with Gasteiger partial charge in [-0.05, 0) is 49.2 Å². The van der Waals surface area contributed by atoms with Crippen LogP contribution in [0.1, 0.15) is 21.6 Å². The number of carbonyl (C=O) groups excluding carboxylic acids is 1. The quantitative estimate of drug-likeness (QED) is 0.759.